The zero-order valence-corrected chi connectivity index (χ0v) is 25.0. The molecule has 1 atom stereocenters. The molecule has 12 heteroatoms. The Morgan fingerprint density at radius 3 is 2.45 bits per heavy atom. The number of ether oxygens (including phenoxy) is 2. The quantitative estimate of drug-likeness (QED) is 0.234. The predicted octanol–water partition coefficient (Wildman–Crippen LogP) is 2.86. The van der Waals surface area contributed by atoms with Crippen LogP contribution >= 0.6 is 11.3 Å². The number of aromatic nitrogens is 1. The van der Waals surface area contributed by atoms with Gasteiger partial charge in [0.25, 0.3) is 11.2 Å². The van der Waals surface area contributed by atoms with Crippen molar-refractivity contribution < 1.29 is 19.2 Å². The Morgan fingerprint density at radius 1 is 1.14 bits per heavy atom. The Hall–Kier alpha value is -4.29. The second-order valence-electron chi connectivity index (χ2n) is 10.6. The number of methoxy groups -OCH3 is 1. The first-order chi connectivity index (χ1) is 20.1. The van der Waals surface area contributed by atoms with Crippen molar-refractivity contribution in [2.45, 2.75) is 32.9 Å². The van der Waals surface area contributed by atoms with Crippen LogP contribution in [-0.4, -0.2) is 66.8 Å². The number of fused-ring (bicyclic) bond motifs is 1. The normalized spacial score (nSPS) is 17.7. The molecule has 0 N–H and O–H groups in total. The molecule has 1 fully saturated rings. The van der Waals surface area contributed by atoms with Gasteiger partial charge in [-0.2, -0.15) is 0 Å². The van der Waals surface area contributed by atoms with Gasteiger partial charge in [0.05, 0.1) is 40.0 Å². The minimum atomic E-state index is -0.775. The number of benzene rings is 2. The van der Waals surface area contributed by atoms with Gasteiger partial charge in [-0.15, -0.1) is 0 Å². The van der Waals surface area contributed by atoms with Gasteiger partial charge in [0.2, 0.25) is 0 Å². The highest BCUT2D eigenvalue weighted by atomic mass is 32.1. The van der Waals surface area contributed by atoms with E-state index >= 15 is 0 Å². The molecule has 2 aliphatic rings. The molecule has 3 aromatic rings. The van der Waals surface area contributed by atoms with E-state index in [1.54, 1.807) is 52.2 Å². The van der Waals surface area contributed by atoms with E-state index in [0.29, 0.717) is 31.9 Å². The van der Waals surface area contributed by atoms with Crippen molar-refractivity contribution in [3.8, 4) is 5.75 Å². The number of nitrogens with zero attached hydrogens (tertiary/aromatic N) is 5. The lowest BCUT2D eigenvalue weighted by atomic mass is 9.96. The van der Waals surface area contributed by atoms with Gasteiger partial charge in [-0.3, -0.25) is 19.5 Å². The first-order valence-electron chi connectivity index (χ1n) is 13.7. The number of piperazine rings is 1. The molecular formula is C30H33N5O6S. The fraction of sp³-hybridized carbons (Fsp3) is 0.367. The third-order valence-corrected chi connectivity index (χ3v) is 8.35. The number of rotatable bonds is 7. The highest BCUT2D eigenvalue weighted by Crippen LogP contribution is 2.32. The van der Waals surface area contributed by atoms with Gasteiger partial charge >= 0.3 is 5.97 Å². The summed E-state index contributed by atoms with van der Waals surface area (Å²) in [6, 6.07) is 11.1. The SMILES string of the molecule is COc1ccc(C2C(C(=O)OC(C)C)=C(C)N=c3sc(=Cc4cc([N+](=O)[O-])ccc4N4CCN(C)CC4)c(=O)n32)cc1. The average molecular weight is 592 g/mol. The summed E-state index contributed by atoms with van der Waals surface area (Å²) in [6.45, 7) is 8.49. The van der Waals surface area contributed by atoms with Crippen molar-refractivity contribution in [3.05, 3.63) is 94.7 Å². The summed E-state index contributed by atoms with van der Waals surface area (Å²) < 4.78 is 12.7. The minimum absolute atomic E-state index is 0.0578. The topological polar surface area (TPSA) is 120 Å². The summed E-state index contributed by atoms with van der Waals surface area (Å²) in [6.07, 6.45) is 1.33. The van der Waals surface area contributed by atoms with E-state index in [2.05, 4.69) is 21.8 Å². The molecule has 0 aliphatic carbocycles. The van der Waals surface area contributed by atoms with Crippen molar-refractivity contribution in [1.82, 2.24) is 9.47 Å². The number of anilines is 1. The van der Waals surface area contributed by atoms with Gasteiger partial charge in [0.1, 0.15) is 5.75 Å². The number of allylic oxidation sites excluding steroid dienone is 1. The Bertz CT molecular complexity index is 1730. The molecule has 11 nitrogen and oxygen atoms in total. The maximum Gasteiger partial charge on any atom is 0.338 e. The fourth-order valence-corrected chi connectivity index (χ4v) is 6.25. The van der Waals surface area contributed by atoms with E-state index in [0.717, 1.165) is 31.9 Å². The molecule has 2 aliphatic heterocycles. The first kappa shape index (κ1) is 29.2. The second-order valence-corrected chi connectivity index (χ2v) is 11.6. The summed E-state index contributed by atoms with van der Waals surface area (Å²) >= 11 is 1.18. The number of nitro benzene ring substituents is 1. The van der Waals surface area contributed by atoms with E-state index < -0.39 is 16.9 Å². The van der Waals surface area contributed by atoms with Gasteiger partial charge < -0.3 is 19.3 Å². The number of thiazole rings is 1. The Labute approximate surface area is 246 Å². The lowest BCUT2D eigenvalue weighted by molar-refractivity contribution is -0.384. The summed E-state index contributed by atoms with van der Waals surface area (Å²) in [4.78, 5) is 48.1. The molecule has 1 unspecified atom stereocenters. The number of esters is 1. The smallest absolute Gasteiger partial charge is 0.338 e. The van der Waals surface area contributed by atoms with Crippen LogP contribution in [0.4, 0.5) is 11.4 Å². The van der Waals surface area contributed by atoms with Crippen LogP contribution in [-0.2, 0) is 9.53 Å². The van der Waals surface area contributed by atoms with Gasteiger partial charge in [0, 0.05) is 49.6 Å². The molecule has 0 saturated carbocycles. The van der Waals surface area contributed by atoms with Crippen LogP contribution in [0.5, 0.6) is 5.75 Å². The Morgan fingerprint density at radius 2 is 1.83 bits per heavy atom. The number of carbonyl (C=O) groups excluding carboxylic acids is 1. The van der Waals surface area contributed by atoms with Crippen LogP contribution in [0, 0.1) is 10.1 Å². The van der Waals surface area contributed by atoms with Crippen LogP contribution in [0.15, 0.2) is 63.5 Å². The van der Waals surface area contributed by atoms with Crippen LogP contribution in [0.3, 0.4) is 0 Å². The van der Waals surface area contributed by atoms with Gasteiger partial charge in [-0.1, -0.05) is 23.5 Å². The summed E-state index contributed by atoms with van der Waals surface area (Å²) in [7, 11) is 3.62. The van der Waals surface area contributed by atoms with Gasteiger partial charge in [-0.25, -0.2) is 9.79 Å². The molecule has 1 aromatic heterocycles. The molecular weight excluding hydrogens is 558 g/mol. The molecule has 5 rings (SSSR count). The zero-order valence-electron chi connectivity index (χ0n) is 24.2. The summed E-state index contributed by atoms with van der Waals surface area (Å²) in [5.74, 6) is 0.0951. The van der Waals surface area contributed by atoms with Crippen molar-refractivity contribution in [3.63, 3.8) is 0 Å². The highest BCUT2D eigenvalue weighted by Gasteiger charge is 2.34. The highest BCUT2D eigenvalue weighted by molar-refractivity contribution is 7.07. The van der Waals surface area contributed by atoms with Crippen molar-refractivity contribution in [2.75, 3.05) is 45.2 Å². The number of likely N-dealkylation sites (N-methyl/N-ethyl adjacent to an activating group) is 1. The van der Waals surface area contributed by atoms with Crippen LogP contribution in [0.1, 0.15) is 37.9 Å². The molecule has 220 valence electrons. The van der Waals surface area contributed by atoms with E-state index in [1.165, 1.54) is 28.0 Å². The average Bonchev–Trinajstić information content (AvgIpc) is 3.26. The number of hydrogen-bond donors (Lipinski definition) is 0. The van der Waals surface area contributed by atoms with Crippen LogP contribution < -0.4 is 24.5 Å². The summed E-state index contributed by atoms with van der Waals surface area (Å²) in [5, 5.41) is 11.7. The van der Waals surface area contributed by atoms with Crippen molar-refractivity contribution >= 4 is 34.8 Å². The maximum absolute atomic E-state index is 14.1. The Balaban J connectivity index is 1.69. The standard InChI is InChI=1S/C30H33N5O6S/c1-18(2)41-29(37)26-19(3)31-30-34(27(26)20-6-9-23(40-5)10-7-20)28(36)25(42-30)17-21-16-22(35(38)39)8-11-24(21)33-14-12-32(4)13-15-33/h6-11,16-18,27H,12-15H2,1-5H3. The molecule has 3 heterocycles. The minimum Gasteiger partial charge on any atom is -0.497 e. The van der Waals surface area contributed by atoms with E-state index in [-0.39, 0.29) is 22.9 Å². The number of nitro groups is 1. The lowest BCUT2D eigenvalue weighted by Crippen LogP contribution is -2.44. The number of carbonyl (C=O) groups is 1. The second kappa shape index (κ2) is 11.9. The summed E-state index contributed by atoms with van der Waals surface area (Å²) in [5.41, 5.74) is 2.43. The molecule has 0 spiro atoms. The van der Waals surface area contributed by atoms with Crippen molar-refractivity contribution in [2.24, 2.45) is 4.99 Å². The first-order valence-corrected chi connectivity index (χ1v) is 14.5. The van der Waals surface area contributed by atoms with Crippen LogP contribution in [0.25, 0.3) is 6.08 Å². The maximum atomic E-state index is 14.1. The van der Waals surface area contributed by atoms with E-state index in [1.807, 2.05) is 12.1 Å². The number of hydrogen-bond acceptors (Lipinski definition) is 10. The largest absolute Gasteiger partial charge is 0.497 e. The van der Waals surface area contributed by atoms with E-state index in [4.69, 9.17) is 9.47 Å². The van der Waals surface area contributed by atoms with E-state index in [9.17, 15) is 19.7 Å². The molecule has 1 saturated heterocycles. The van der Waals surface area contributed by atoms with Gasteiger partial charge in [-0.05, 0) is 57.7 Å². The third kappa shape index (κ3) is 5.72. The Kier molecular flexibility index (Phi) is 8.28. The van der Waals surface area contributed by atoms with Gasteiger partial charge in [0.15, 0.2) is 4.80 Å². The van der Waals surface area contributed by atoms with Crippen molar-refractivity contribution in [1.29, 1.82) is 0 Å². The fourth-order valence-electron chi connectivity index (χ4n) is 5.21. The molecule has 0 radical (unpaired) electrons. The molecule has 2 aromatic carbocycles. The predicted molar refractivity (Wildman–Crippen MR) is 161 cm³/mol. The number of non-ortho nitro benzene ring substituents is 1. The molecule has 42 heavy (non-hydrogen) atoms. The zero-order chi connectivity index (χ0) is 30.1. The molecule has 0 amide bonds. The third-order valence-electron chi connectivity index (χ3n) is 7.37. The lowest BCUT2D eigenvalue weighted by Gasteiger charge is -2.34. The van der Waals surface area contributed by atoms with Crippen LogP contribution in [0.2, 0.25) is 0 Å². The molecule has 0 bridgehead atoms. The monoisotopic (exact) mass is 591 g/mol.